The summed E-state index contributed by atoms with van der Waals surface area (Å²) >= 11 is 0. The summed E-state index contributed by atoms with van der Waals surface area (Å²) in [6.07, 6.45) is 2.85. The lowest BCUT2D eigenvalue weighted by Crippen LogP contribution is -2.35. The highest BCUT2D eigenvalue weighted by molar-refractivity contribution is 5.94. The van der Waals surface area contributed by atoms with Crippen LogP contribution in [0.1, 0.15) is 5.56 Å². The van der Waals surface area contributed by atoms with Gasteiger partial charge in [-0.05, 0) is 23.8 Å². The van der Waals surface area contributed by atoms with Gasteiger partial charge in [0.05, 0.1) is 6.54 Å². The average molecular weight is 250 g/mol. The topological polar surface area (TPSA) is 49.4 Å². The van der Waals surface area contributed by atoms with Crippen LogP contribution in [0.3, 0.4) is 0 Å². The number of nitrogens with one attached hydrogen (secondary N) is 1. The van der Waals surface area contributed by atoms with Crippen LogP contribution in [-0.2, 0) is 9.59 Å². The molecular formula is C13H15FN2O2. The Kier molecular flexibility index (Phi) is 5.05. The smallest absolute Gasteiger partial charge is 0.244 e. The molecule has 0 heterocycles. The molecule has 0 aromatic heterocycles. The van der Waals surface area contributed by atoms with Gasteiger partial charge in [0.15, 0.2) is 0 Å². The van der Waals surface area contributed by atoms with Crippen LogP contribution in [0.4, 0.5) is 4.39 Å². The fourth-order valence-electron chi connectivity index (χ4n) is 1.13. The molecule has 0 aliphatic carbocycles. The molecule has 0 unspecified atom stereocenters. The maximum Gasteiger partial charge on any atom is 0.244 e. The van der Waals surface area contributed by atoms with Crippen molar-refractivity contribution in [1.29, 1.82) is 0 Å². The van der Waals surface area contributed by atoms with E-state index in [4.69, 9.17) is 0 Å². The molecule has 96 valence electrons. The predicted octanol–water partition coefficient (Wildman–Crippen LogP) is 1.04. The van der Waals surface area contributed by atoms with Crippen LogP contribution in [0.15, 0.2) is 30.3 Å². The Balaban J connectivity index is 2.45. The largest absolute Gasteiger partial charge is 0.347 e. The van der Waals surface area contributed by atoms with Gasteiger partial charge in [-0.15, -0.1) is 0 Å². The molecule has 2 amide bonds. The van der Waals surface area contributed by atoms with Crippen LogP contribution in [0.25, 0.3) is 6.08 Å². The summed E-state index contributed by atoms with van der Waals surface area (Å²) in [5.74, 6) is -0.874. The lowest BCUT2D eigenvalue weighted by atomic mass is 10.2. The monoisotopic (exact) mass is 250 g/mol. The number of rotatable bonds is 4. The lowest BCUT2D eigenvalue weighted by molar-refractivity contribution is -0.129. The second-order valence-electron chi connectivity index (χ2n) is 3.89. The number of hydrogen-bond acceptors (Lipinski definition) is 2. The maximum atomic E-state index is 12.6. The fourth-order valence-corrected chi connectivity index (χ4v) is 1.13. The van der Waals surface area contributed by atoms with Crippen molar-refractivity contribution in [3.63, 3.8) is 0 Å². The van der Waals surface area contributed by atoms with E-state index in [-0.39, 0.29) is 24.2 Å². The van der Waals surface area contributed by atoms with E-state index in [1.54, 1.807) is 32.3 Å². The molecule has 0 saturated heterocycles. The van der Waals surface area contributed by atoms with E-state index in [1.165, 1.54) is 23.1 Å². The van der Waals surface area contributed by atoms with Gasteiger partial charge in [0.2, 0.25) is 11.8 Å². The zero-order valence-electron chi connectivity index (χ0n) is 10.3. The highest BCUT2D eigenvalue weighted by Gasteiger charge is 2.04. The van der Waals surface area contributed by atoms with Crippen LogP contribution in [0.5, 0.6) is 0 Å². The minimum Gasteiger partial charge on any atom is -0.347 e. The molecule has 1 rings (SSSR count). The van der Waals surface area contributed by atoms with Crippen LogP contribution in [-0.4, -0.2) is 37.4 Å². The van der Waals surface area contributed by atoms with Crippen LogP contribution < -0.4 is 5.32 Å². The predicted molar refractivity (Wildman–Crippen MR) is 67.1 cm³/mol. The Morgan fingerprint density at radius 3 is 2.44 bits per heavy atom. The van der Waals surface area contributed by atoms with Crippen molar-refractivity contribution in [3.8, 4) is 0 Å². The van der Waals surface area contributed by atoms with Gasteiger partial charge in [0, 0.05) is 20.2 Å². The van der Waals surface area contributed by atoms with E-state index < -0.39 is 0 Å². The highest BCUT2D eigenvalue weighted by atomic mass is 19.1. The molecule has 4 nitrogen and oxygen atoms in total. The highest BCUT2D eigenvalue weighted by Crippen LogP contribution is 2.04. The van der Waals surface area contributed by atoms with Crippen molar-refractivity contribution in [1.82, 2.24) is 10.2 Å². The minimum atomic E-state index is -0.366. The number of hydrogen-bond donors (Lipinski definition) is 1. The fraction of sp³-hybridized carbons (Fsp3) is 0.231. The molecule has 0 aliphatic rings. The third-order valence-electron chi connectivity index (χ3n) is 2.21. The number of carbonyl (C=O) groups excluding carboxylic acids is 2. The van der Waals surface area contributed by atoms with Gasteiger partial charge in [0.1, 0.15) is 5.82 Å². The number of amides is 2. The van der Waals surface area contributed by atoms with Crippen molar-refractivity contribution in [3.05, 3.63) is 41.7 Å². The summed E-state index contributed by atoms with van der Waals surface area (Å²) < 4.78 is 12.6. The molecule has 1 N–H and O–H groups in total. The Morgan fingerprint density at radius 1 is 1.28 bits per heavy atom. The number of carbonyl (C=O) groups is 2. The van der Waals surface area contributed by atoms with Crippen molar-refractivity contribution >= 4 is 17.9 Å². The van der Waals surface area contributed by atoms with Gasteiger partial charge in [-0.1, -0.05) is 12.1 Å². The Morgan fingerprint density at radius 2 is 1.89 bits per heavy atom. The molecular weight excluding hydrogens is 235 g/mol. The summed E-state index contributed by atoms with van der Waals surface area (Å²) in [6, 6.07) is 5.74. The summed E-state index contributed by atoms with van der Waals surface area (Å²) in [5.41, 5.74) is 0.713. The minimum absolute atomic E-state index is 0.0421. The number of halogens is 1. The zero-order chi connectivity index (χ0) is 13.5. The zero-order valence-corrected chi connectivity index (χ0v) is 10.3. The number of benzene rings is 1. The summed E-state index contributed by atoms with van der Waals surface area (Å²) in [6.45, 7) is -0.0421. The van der Waals surface area contributed by atoms with Gasteiger partial charge in [-0.3, -0.25) is 9.59 Å². The van der Waals surface area contributed by atoms with E-state index in [2.05, 4.69) is 5.32 Å². The van der Waals surface area contributed by atoms with E-state index in [9.17, 15) is 14.0 Å². The Bertz CT molecular complexity index is 453. The standard InChI is InChI=1S/C13H15FN2O2/c1-16(2)13(18)9-15-12(17)8-5-10-3-6-11(14)7-4-10/h3-8H,9H2,1-2H3,(H,15,17)/b8-5+. The first kappa shape index (κ1) is 13.9. The molecule has 0 bridgehead atoms. The first-order valence-electron chi connectivity index (χ1n) is 5.40. The quantitative estimate of drug-likeness (QED) is 0.812. The first-order valence-corrected chi connectivity index (χ1v) is 5.40. The molecule has 0 fully saturated rings. The summed E-state index contributed by atoms with van der Waals surface area (Å²) in [7, 11) is 3.23. The third-order valence-corrected chi connectivity index (χ3v) is 2.21. The van der Waals surface area contributed by atoms with Crippen molar-refractivity contribution in [2.75, 3.05) is 20.6 Å². The third kappa shape index (κ3) is 4.78. The van der Waals surface area contributed by atoms with Crippen molar-refractivity contribution in [2.45, 2.75) is 0 Å². The van der Waals surface area contributed by atoms with E-state index in [1.807, 2.05) is 0 Å². The van der Waals surface area contributed by atoms with Crippen molar-refractivity contribution in [2.24, 2.45) is 0 Å². The molecule has 0 saturated carbocycles. The molecule has 0 aliphatic heterocycles. The molecule has 5 heteroatoms. The molecule has 0 radical (unpaired) electrons. The molecule has 0 atom stereocenters. The summed E-state index contributed by atoms with van der Waals surface area (Å²) in [5, 5.41) is 2.45. The average Bonchev–Trinajstić information content (AvgIpc) is 2.35. The maximum absolute atomic E-state index is 12.6. The lowest BCUT2D eigenvalue weighted by Gasteiger charge is -2.09. The summed E-state index contributed by atoms with van der Waals surface area (Å²) in [4.78, 5) is 24.0. The van der Waals surface area contributed by atoms with Gasteiger partial charge < -0.3 is 10.2 Å². The molecule has 18 heavy (non-hydrogen) atoms. The van der Waals surface area contributed by atoms with E-state index >= 15 is 0 Å². The second-order valence-corrected chi connectivity index (χ2v) is 3.89. The van der Waals surface area contributed by atoms with Gasteiger partial charge in [-0.2, -0.15) is 0 Å². The number of likely N-dealkylation sites (N-methyl/N-ethyl adjacent to an activating group) is 1. The number of nitrogens with zero attached hydrogens (tertiary/aromatic N) is 1. The Labute approximate surface area is 105 Å². The van der Waals surface area contributed by atoms with E-state index in [0.29, 0.717) is 5.56 Å². The first-order chi connectivity index (χ1) is 8.49. The second kappa shape index (κ2) is 6.54. The normalized spacial score (nSPS) is 10.4. The van der Waals surface area contributed by atoms with Crippen LogP contribution >= 0.6 is 0 Å². The van der Waals surface area contributed by atoms with Gasteiger partial charge >= 0.3 is 0 Å². The molecule has 1 aromatic rings. The molecule has 0 spiro atoms. The van der Waals surface area contributed by atoms with Crippen LogP contribution in [0, 0.1) is 5.82 Å². The van der Waals surface area contributed by atoms with Gasteiger partial charge in [-0.25, -0.2) is 4.39 Å². The van der Waals surface area contributed by atoms with Crippen LogP contribution in [0.2, 0.25) is 0 Å². The van der Waals surface area contributed by atoms with Crippen molar-refractivity contribution < 1.29 is 14.0 Å². The Hall–Kier alpha value is -2.17. The van der Waals surface area contributed by atoms with Gasteiger partial charge in [0.25, 0.3) is 0 Å². The SMILES string of the molecule is CN(C)C(=O)CNC(=O)/C=C/c1ccc(F)cc1. The molecule has 1 aromatic carbocycles. The van der Waals surface area contributed by atoms with E-state index in [0.717, 1.165) is 0 Å².